The average Bonchev–Trinajstić information content (AvgIpc) is 2.73. The molecule has 1 aliphatic heterocycles. The summed E-state index contributed by atoms with van der Waals surface area (Å²) in [6.45, 7) is 7.15. The summed E-state index contributed by atoms with van der Waals surface area (Å²) in [5, 5.41) is 12.6. The highest BCUT2D eigenvalue weighted by atomic mass is 35.5. The van der Waals surface area contributed by atoms with E-state index in [-0.39, 0.29) is 0 Å². The molecule has 150 valence electrons. The molecule has 0 unspecified atom stereocenters. The van der Waals surface area contributed by atoms with Crippen LogP contribution in [0.3, 0.4) is 0 Å². The van der Waals surface area contributed by atoms with Crippen LogP contribution in [-0.2, 0) is 4.84 Å². The molecule has 2 aromatic rings. The molecule has 1 aromatic carbocycles. The van der Waals surface area contributed by atoms with Gasteiger partial charge in [-0.25, -0.2) is 0 Å². The first-order chi connectivity index (χ1) is 13.7. The monoisotopic (exact) mass is 402 g/mol. The van der Waals surface area contributed by atoms with E-state index in [0.717, 1.165) is 61.8 Å². The third-order valence-electron chi connectivity index (χ3n) is 4.95. The Balaban J connectivity index is 1.39. The molecule has 28 heavy (non-hydrogen) atoms. The Labute approximate surface area is 171 Å². The van der Waals surface area contributed by atoms with Crippen LogP contribution in [0, 0.1) is 5.92 Å². The molecule has 0 bridgehead atoms. The number of piperidine rings is 1. The van der Waals surface area contributed by atoms with Crippen LogP contribution in [0.5, 0.6) is 5.75 Å². The zero-order valence-electron chi connectivity index (χ0n) is 16.5. The van der Waals surface area contributed by atoms with Crippen molar-refractivity contribution in [3.05, 3.63) is 47.1 Å². The Morgan fingerprint density at radius 1 is 1.14 bits per heavy atom. The van der Waals surface area contributed by atoms with Gasteiger partial charge in [0.05, 0.1) is 12.3 Å². The maximum Gasteiger partial charge on any atom is 0.151 e. The zero-order chi connectivity index (χ0) is 19.8. The molecular formula is C21H27ClN4O2. The summed E-state index contributed by atoms with van der Waals surface area (Å²) in [6.07, 6.45) is 3.34. The van der Waals surface area contributed by atoms with Crippen molar-refractivity contribution in [1.82, 2.24) is 10.2 Å². The first-order valence-corrected chi connectivity index (χ1v) is 10.2. The zero-order valence-corrected chi connectivity index (χ0v) is 17.2. The molecule has 6 nitrogen and oxygen atoms in total. The number of anilines is 1. The van der Waals surface area contributed by atoms with Gasteiger partial charge in [-0.1, -0.05) is 16.8 Å². The normalized spacial score (nSPS) is 15.5. The molecule has 2 heterocycles. The van der Waals surface area contributed by atoms with Crippen LogP contribution in [-0.4, -0.2) is 42.2 Å². The van der Waals surface area contributed by atoms with Crippen molar-refractivity contribution in [2.24, 2.45) is 11.1 Å². The van der Waals surface area contributed by atoms with Crippen molar-refractivity contribution < 1.29 is 9.57 Å². The lowest BCUT2D eigenvalue weighted by molar-refractivity contribution is 0.159. The second-order valence-electron chi connectivity index (χ2n) is 6.90. The highest BCUT2D eigenvalue weighted by molar-refractivity contribution is 6.29. The summed E-state index contributed by atoms with van der Waals surface area (Å²) in [4.78, 5) is 7.36. The minimum atomic E-state index is 0.431. The van der Waals surface area contributed by atoms with Crippen LogP contribution < -0.4 is 9.64 Å². The molecule has 0 spiro atoms. The number of ether oxygens (including phenoxy) is 1. The summed E-state index contributed by atoms with van der Waals surface area (Å²) < 4.78 is 5.93. The van der Waals surface area contributed by atoms with Gasteiger partial charge in [0.2, 0.25) is 0 Å². The highest BCUT2D eigenvalue weighted by Crippen LogP contribution is 2.24. The molecule has 1 aliphatic rings. The minimum absolute atomic E-state index is 0.431. The molecule has 0 atom stereocenters. The fourth-order valence-electron chi connectivity index (χ4n) is 3.28. The van der Waals surface area contributed by atoms with E-state index in [4.69, 9.17) is 21.2 Å². The third kappa shape index (κ3) is 5.83. The smallest absolute Gasteiger partial charge is 0.151 e. The first-order valence-electron chi connectivity index (χ1n) is 9.79. The third-order valence-corrected chi connectivity index (χ3v) is 5.16. The largest absolute Gasteiger partial charge is 0.494 e. The standard InChI is InChI=1S/C21H27ClN4O2/c1-3-28-25-16(2)18-4-6-19(7-5-18)27-15-12-17-10-13-26(14-11-17)21-9-8-20(22)23-24-21/h4-9,17H,3,10-15H2,1-2H3. The van der Waals surface area contributed by atoms with Crippen molar-refractivity contribution in [2.45, 2.75) is 33.1 Å². The molecule has 0 saturated carbocycles. The second kappa shape index (κ2) is 10.3. The van der Waals surface area contributed by atoms with Gasteiger partial charge < -0.3 is 14.5 Å². The van der Waals surface area contributed by atoms with Gasteiger partial charge in [0.15, 0.2) is 11.0 Å². The lowest BCUT2D eigenvalue weighted by Gasteiger charge is -2.32. The summed E-state index contributed by atoms with van der Waals surface area (Å²) in [6, 6.07) is 11.7. The van der Waals surface area contributed by atoms with Gasteiger partial charge in [-0.05, 0) is 81.0 Å². The maximum atomic E-state index is 5.93. The van der Waals surface area contributed by atoms with Crippen molar-refractivity contribution in [1.29, 1.82) is 0 Å². The van der Waals surface area contributed by atoms with Gasteiger partial charge >= 0.3 is 0 Å². The summed E-state index contributed by atoms with van der Waals surface area (Å²) in [7, 11) is 0. The van der Waals surface area contributed by atoms with Crippen molar-refractivity contribution in [2.75, 3.05) is 31.2 Å². The number of aromatic nitrogens is 2. The van der Waals surface area contributed by atoms with Gasteiger partial charge in [0.1, 0.15) is 12.4 Å². The van der Waals surface area contributed by atoms with E-state index in [1.807, 2.05) is 44.2 Å². The van der Waals surface area contributed by atoms with Crippen LogP contribution >= 0.6 is 11.6 Å². The number of halogens is 1. The lowest BCUT2D eigenvalue weighted by Crippen LogP contribution is -2.34. The Hall–Kier alpha value is -2.34. The summed E-state index contributed by atoms with van der Waals surface area (Å²) >= 11 is 5.81. The topological polar surface area (TPSA) is 59.8 Å². The molecule has 3 rings (SSSR count). The molecule has 0 N–H and O–H groups in total. The number of nitrogens with zero attached hydrogens (tertiary/aromatic N) is 4. The molecule has 0 aliphatic carbocycles. The van der Waals surface area contributed by atoms with Crippen LogP contribution in [0.2, 0.25) is 5.15 Å². The molecule has 1 aromatic heterocycles. The average molecular weight is 403 g/mol. The van der Waals surface area contributed by atoms with Crippen molar-refractivity contribution in [3.63, 3.8) is 0 Å². The highest BCUT2D eigenvalue weighted by Gasteiger charge is 2.20. The molecule has 1 fully saturated rings. The maximum absolute atomic E-state index is 5.93. The van der Waals surface area contributed by atoms with E-state index >= 15 is 0 Å². The lowest BCUT2D eigenvalue weighted by atomic mass is 9.94. The predicted molar refractivity (Wildman–Crippen MR) is 112 cm³/mol. The van der Waals surface area contributed by atoms with Crippen molar-refractivity contribution >= 4 is 23.1 Å². The number of hydrogen-bond donors (Lipinski definition) is 0. The molecule has 0 radical (unpaired) electrons. The van der Waals surface area contributed by atoms with Gasteiger partial charge in [-0.2, -0.15) is 0 Å². The predicted octanol–water partition coefficient (Wildman–Crippen LogP) is 4.58. The Bertz CT molecular complexity index is 757. The number of hydrogen-bond acceptors (Lipinski definition) is 6. The van der Waals surface area contributed by atoms with Crippen LogP contribution in [0.15, 0.2) is 41.6 Å². The SMILES string of the molecule is CCON=C(C)c1ccc(OCCC2CCN(c3ccc(Cl)nn3)CC2)cc1. The van der Waals surface area contributed by atoms with Crippen LogP contribution in [0.1, 0.15) is 38.7 Å². The number of oxime groups is 1. The second-order valence-corrected chi connectivity index (χ2v) is 7.29. The summed E-state index contributed by atoms with van der Waals surface area (Å²) in [5.74, 6) is 2.47. The van der Waals surface area contributed by atoms with E-state index in [0.29, 0.717) is 17.7 Å². The Morgan fingerprint density at radius 2 is 1.89 bits per heavy atom. The fraction of sp³-hybridized carbons (Fsp3) is 0.476. The number of benzene rings is 1. The van der Waals surface area contributed by atoms with Crippen LogP contribution in [0.4, 0.5) is 5.82 Å². The van der Waals surface area contributed by atoms with Gasteiger partial charge in [-0.15, -0.1) is 10.2 Å². The number of rotatable bonds is 8. The van der Waals surface area contributed by atoms with Gasteiger partial charge in [0.25, 0.3) is 0 Å². The van der Waals surface area contributed by atoms with E-state index in [1.165, 1.54) is 0 Å². The van der Waals surface area contributed by atoms with Crippen LogP contribution in [0.25, 0.3) is 0 Å². The molecule has 1 saturated heterocycles. The fourth-order valence-corrected chi connectivity index (χ4v) is 3.38. The molecular weight excluding hydrogens is 376 g/mol. The summed E-state index contributed by atoms with van der Waals surface area (Å²) in [5.41, 5.74) is 1.91. The molecule has 7 heteroatoms. The Kier molecular flexibility index (Phi) is 7.48. The van der Waals surface area contributed by atoms with Gasteiger partial charge in [-0.3, -0.25) is 0 Å². The van der Waals surface area contributed by atoms with E-state index in [2.05, 4.69) is 20.3 Å². The quantitative estimate of drug-likeness (QED) is 0.478. The van der Waals surface area contributed by atoms with Gasteiger partial charge in [0, 0.05) is 13.1 Å². The van der Waals surface area contributed by atoms with E-state index in [1.54, 1.807) is 6.07 Å². The van der Waals surface area contributed by atoms with E-state index < -0.39 is 0 Å². The molecule has 0 amide bonds. The van der Waals surface area contributed by atoms with Crippen molar-refractivity contribution in [3.8, 4) is 5.75 Å². The van der Waals surface area contributed by atoms with E-state index in [9.17, 15) is 0 Å². The minimum Gasteiger partial charge on any atom is -0.494 e. The Morgan fingerprint density at radius 3 is 2.54 bits per heavy atom. The first kappa shape index (κ1) is 20.4.